The fourth-order valence-corrected chi connectivity index (χ4v) is 4.40. The number of halogens is 1. The van der Waals surface area contributed by atoms with E-state index in [0.717, 1.165) is 5.52 Å². The van der Waals surface area contributed by atoms with Crippen LogP contribution in [0.5, 0.6) is 5.75 Å². The highest BCUT2D eigenvalue weighted by molar-refractivity contribution is 6.51. The lowest BCUT2D eigenvalue weighted by atomic mass is 9.95. The van der Waals surface area contributed by atoms with Crippen LogP contribution < -0.4 is 9.64 Å². The molecule has 35 heavy (non-hydrogen) atoms. The molecule has 8 heteroatoms. The maximum absolute atomic E-state index is 13.3. The highest BCUT2D eigenvalue weighted by Gasteiger charge is 2.48. The normalized spacial score (nSPS) is 17.5. The number of anilines is 1. The Morgan fingerprint density at radius 2 is 1.80 bits per heavy atom. The lowest BCUT2D eigenvalue weighted by molar-refractivity contribution is -0.132. The van der Waals surface area contributed by atoms with Gasteiger partial charge in [0.05, 0.1) is 28.8 Å². The van der Waals surface area contributed by atoms with Crippen LogP contribution in [0.4, 0.5) is 5.95 Å². The van der Waals surface area contributed by atoms with Crippen LogP contribution in [-0.2, 0) is 9.59 Å². The largest absolute Gasteiger partial charge is 0.507 e. The number of imidazole rings is 1. The van der Waals surface area contributed by atoms with Crippen molar-refractivity contribution in [3.63, 3.8) is 0 Å². The first-order valence-corrected chi connectivity index (χ1v) is 11.5. The van der Waals surface area contributed by atoms with Gasteiger partial charge in [0.15, 0.2) is 0 Å². The van der Waals surface area contributed by atoms with Gasteiger partial charge >= 0.3 is 5.91 Å². The number of ether oxygens (including phenoxy) is 1. The van der Waals surface area contributed by atoms with Crippen LogP contribution in [-0.4, -0.2) is 32.9 Å². The molecule has 4 aromatic rings. The molecule has 1 fully saturated rings. The number of amides is 1. The van der Waals surface area contributed by atoms with Crippen LogP contribution in [0.3, 0.4) is 0 Å². The minimum Gasteiger partial charge on any atom is -0.507 e. The molecule has 0 aliphatic carbocycles. The average molecular weight is 488 g/mol. The third-order valence-electron chi connectivity index (χ3n) is 5.72. The Kier molecular flexibility index (Phi) is 5.78. The number of hydrogen-bond donors (Lipinski definition) is 2. The number of H-pyrrole nitrogens is 1. The molecule has 7 nitrogen and oxygen atoms in total. The van der Waals surface area contributed by atoms with Crippen molar-refractivity contribution >= 4 is 46.0 Å². The van der Waals surface area contributed by atoms with Gasteiger partial charge in [-0.25, -0.2) is 4.98 Å². The zero-order valence-electron chi connectivity index (χ0n) is 19.0. The fraction of sp³-hybridized carbons (Fsp3) is 0.148. The molecule has 0 spiro atoms. The summed E-state index contributed by atoms with van der Waals surface area (Å²) in [6.07, 6.45) is -0.00939. The number of fused-ring (bicyclic) bond motifs is 1. The Balaban J connectivity index is 1.69. The predicted octanol–water partition coefficient (Wildman–Crippen LogP) is 5.63. The van der Waals surface area contributed by atoms with Crippen LogP contribution in [0.1, 0.15) is 31.0 Å². The van der Waals surface area contributed by atoms with E-state index in [9.17, 15) is 14.7 Å². The molecule has 1 aromatic heterocycles. The maximum atomic E-state index is 13.3. The molecule has 1 aliphatic heterocycles. The van der Waals surface area contributed by atoms with Gasteiger partial charge in [-0.3, -0.25) is 14.5 Å². The molecule has 3 aromatic carbocycles. The molecule has 0 bridgehead atoms. The van der Waals surface area contributed by atoms with E-state index in [1.54, 1.807) is 48.5 Å². The topological polar surface area (TPSA) is 95.5 Å². The van der Waals surface area contributed by atoms with E-state index in [-0.39, 0.29) is 23.4 Å². The molecule has 1 aliphatic rings. The van der Waals surface area contributed by atoms with Crippen molar-refractivity contribution in [2.75, 3.05) is 4.90 Å². The summed E-state index contributed by atoms with van der Waals surface area (Å²) in [4.78, 5) is 35.6. The number of carbonyl (C=O) groups excluding carboxylic acids is 2. The molecular weight excluding hydrogens is 466 g/mol. The van der Waals surface area contributed by atoms with Crippen molar-refractivity contribution in [2.24, 2.45) is 0 Å². The van der Waals surface area contributed by atoms with E-state index in [2.05, 4.69) is 9.97 Å². The van der Waals surface area contributed by atoms with Crippen LogP contribution >= 0.6 is 11.6 Å². The minimum atomic E-state index is -0.914. The summed E-state index contributed by atoms with van der Waals surface area (Å²) in [5.41, 5.74) is 2.28. The van der Waals surface area contributed by atoms with Gasteiger partial charge in [0, 0.05) is 10.6 Å². The van der Waals surface area contributed by atoms with Gasteiger partial charge in [-0.15, -0.1) is 0 Å². The number of ketones is 1. The number of aliphatic hydroxyl groups excluding tert-OH is 1. The maximum Gasteiger partial charge on any atom is 0.302 e. The number of carbonyl (C=O) groups is 2. The third-order valence-corrected chi connectivity index (χ3v) is 5.95. The summed E-state index contributed by atoms with van der Waals surface area (Å²) >= 11 is 6.12. The lowest BCUT2D eigenvalue weighted by Gasteiger charge is -2.23. The number of nitrogens with one attached hydrogen (secondary N) is 1. The third kappa shape index (κ3) is 4.15. The predicted molar refractivity (Wildman–Crippen MR) is 135 cm³/mol. The summed E-state index contributed by atoms with van der Waals surface area (Å²) < 4.78 is 5.74. The van der Waals surface area contributed by atoms with Crippen molar-refractivity contribution in [1.29, 1.82) is 0 Å². The number of para-hydroxylation sites is 2. The van der Waals surface area contributed by atoms with Gasteiger partial charge in [-0.05, 0) is 55.8 Å². The molecule has 1 amide bonds. The number of aromatic amines is 1. The molecule has 5 rings (SSSR count). The first-order valence-electron chi connectivity index (χ1n) is 11.1. The standard InChI is InChI=1S/C27H22ClN3O4/c1-15(2)35-19-12-10-16(11-13-19)23-22(24(32)17-6-5-7-18(28)14-17)25(33)26(34)31(23)27-29-20-8-3-4-9-21(20)30-27/h3-15,23,32H,1-2H3,(H,29,30)/b24-22+. The first kappa shape index (κ1) is 22.7. The number of aromatic nitrogens is 2. The van der Waals surface area contributed by atoms with Gasteiger partial charge < -0.3 is 14.8 Å². The summed E-state index contributed by atoms with van der Waals surface area (Å²) in [5, 5.41) is 11.6. The zero-order valence-corrected chi connectivity index (χ0v) is 19.8. The van der Waals surface area contributed by atoms with E-state index in [1.807, 2.05) is 38.1 Å². The second-order valence-corrected chi connectivity index (χ2v) is 8.93. The summed E-state index contributed by atoms with van der Waals surface area (Å²) in [6, 6.07) is 20.0. The van der Waals surface area contributed by atoms with Crippen LogP contribution in [0, 0.1) is 0 Å². The van der Waals surface area contributed by atoms with E-state index in [0.29, 0.717) is 27.4 Å². The van der Waals surface area contributed by atoms with Crippen LogP contribution in [0.15, 0.2) is 78.4 Å². The average Bonchev–Trinajstić information content (AvgIpc) is 3.37. The van der Waals surface area contributed by atoms with Gasteiger partial charge in [0.2, 0.25) is 5.95 Å². The van der Waals surface area contributed by atoms with E-state index in [1.165, 1.54) is 4.90 Å². The number of benzene rings is 3. The molecular formula is C27H22ClN3O4. The molecule has 2 heterocycles. The molecule has 176 valence electrons. The summed E-state index contributed by atoms with van der Waals surface area (Å²) in [7, 11) is 0. The Bertz CT molecular complexity index is 1440. The second-order valence-electron chi connectivity index (χ2n) is 8.49. The number of Topliss-reactive ketones (excluding diaryl/α,β-unsaturated/α-hetero) is 1. The van der Waals surface area contributed by atoms with Gasteiger partial charge in [0.1, 0.15) is 11.5 Å². The van der Waals surface area contributed by atoms with Crippen molar-refractivity contribution in [3.8, 4) is 5.75 Å². The molecule has 1 unspecified atom stereocenters. The molecule has 0 saturated carbocycles. The Labute approximate surface area is 206 Å². The van der Waals surface area contributed by atoms with Crippen LogP contribution in [0.25, 0.3) is 16.8 Å². The number of hydrogen-bond acceptors (Lipinski definition) is 5. The van der Waals surface area contributed by atoms with E-state index in [4.69, 9.17) is 16.3 Å². The van der Waals surface area contributed by atoms with Crippen LogP contribution in [0.2, 0.25) is 5.02 Å². The SMILES string of the molecule is CC(C)Oc1ccc(C2/C(=C(\O)c3cccc(Cl)c3)C(=O)C(=O)N2c2nc3ccccc3[nH]2)cc1. The zero-order chi connectivity index (χ0) is 24.7. The second kappa shape index (κ2) is 8.92. The number of nitrogens with zero attached hydrogens (tertiary/aromatic N) is 2. The highest BCUT2D eigenvalue weighted by Crippen LogP contribution is 2.42. The van der Waals surface area contributed by atoms with Gasteiger partial charge in [-0.1, -0.05) is 48.0 Å². The summed E-state index contributed by atoms with van der Waals surface area (Å²) in [6.45, 7) is 3.85. The van der Waals surface area contributed by atoms with E-state index < -0.39 is 17.7 Å². The van der Waals surface area contributed by atoms with Crippen molar-refractivity contribution < 1.29 is 19.4 Å². The minimum absolute atomic E-state index is 0.00939. The smallest absolute Gasteiger partial charge is 0.302 e. The van der Waals surface area contributed by atoms with Crippen molar-refractivity contribution in [1.82, 2.24) is 9.97 Å². The molecule has 0 radical (unpaired) electrons. The molecule has 2 N–H and O–H groups in total. The highest BCUT2D eigenvalue weighted by atomic mass is 35.5. The number of rotatable bonds is 5. The Morgan fingerprint density at radius 1 is 1.06 bits per heavy atom. The Morgan fingerprint density at radius 3 is 2.49 bits per heavy atom. The fourth-order valence-electron chi connectivity index (χ4n) is 4.21. The van der Waals surface area contributed by atoms with E-state index >= 15 is 0 Å². The molecule has 1 saturated heterocycles. The Hall–Kier alpha value is -4.10. The van der Waals surface area contributed by atoms with Crippen molar-refractivity contribution in [3.05, 3.63) is 94.5 Å². The van der Waals surface area contributed by atoms with Gasteiger partial charge in [-0.2, -0.15) is 0 Å². The number of aliphatic hydroxyl groups is 1. The lowest BCUT2D eigenvalue weighted by Crippen LogP contribution is -2.30. The monoisotopic (exact) mass is 487 g/mol. The van der Waals surface area contributed by atoms with Crippen molar-refractivity contribution in [2.45, 2.75) is 26.0 Å². The molecule has 1 atom stereocenters. The first-order chi connectivity index (χ1) is 16.8. The quantitative estimate of drug-likeness (QED) is 0.216. The summed E-state index contributed by atoms with van der Waals surface area (Å²) in [5.74, 6) is -1.04. The van der Waals surface area contributed by atoms with Gasteiger partial charge in [0.25, 0.3) is 5.78 Å².